The summed E-state index contributed by atoms with van der Waals surface area (Å²) in [6, 6.07) is 17.7. The van der Waals surface area contributed by atoms with Gasteiger partial charge in [0.2, 0.25) is 0 Å². The number of aromatic nitrogens is 1. The van der Waals surface area contributed by atoms with Crippen molar-refractivity contribution in [1.29, 1.82) is 0 Å². The molecule has 32 heavy (non-hydrogen) atoms. The predicted octanol–water partition coefficient (Wildman–Crippen LogP) is 5.70. The molecular formula is C25H25N3O3S. The van der Waals surface area contributed by atoms with E-state index in [1.807, 2.05) is 49.4 Å². The number of oxime groups is 1. The Morgan fingerprint density at radius 1 is 1.12 bits per heavy atom. The van der Waals surface area contributed by atoms with Crippen LogP contribution in [0.5, 0.6) is 5.75 Å². The number of carbonyl (C=O) groups is 1. The number of hydrogen-bond acceptors (Lipinski definition) is 6. The Bertz CT molecular complexity index is 1120. The second kappa shape index (κ2) is 9.12. The highest BCUT2D eigenvalue weighted by atomic mass is 32.1. The molecule has 0 N–H and O–H groups in total. The third-order valence-corrected chi connectivity index (χ3v) is 6.96. The van der Waals surface area contributed by atoms with E-state index in [2.05, 4.69) is 22.7 Å². The molecule has 6 nitrogen and oxygen atoms in total. The highest BCUT2D eigenvalue weighted by Crippen LogP contribution is 2.33. The first-order valence-electron chi connectivity index (χ1n) is 10.9. The summed E-state index contributed by atoms with van der Waals surface area (Å²) in [7, 11) is 0. The summed E-state index contributed by atoms with van der Waals surface area (Å²) in [5.74, 6) is 0.944. The molecule has 0 radical (unpaired) electrons. The van der Waals surface area contributed by atoms with Crippen molar-refractivity contribution in [3.05, 3.63) is 81.8 Å². The standard InChI is InChI=1S/C25H25N3O3S/c1-17-6-5-9-20(14-17)30-25(29)28-12-10-19(11-13-28)24-26-22(16-32-24)21-15-23(31-27-21)18-7-3-2-4-8-18/h2-9,14,16,19,23H,10-13,15H2,1H3. The lowest BCUT2D eigenvalue weighted by atomic mass is 9.98. The Kier molecular flexibility index (Phi) is 5.90. The number of likely N-dealkylation sites (tertiary alicyclic amines) is 1. The zero-order chi connectivity index (χ0) is 21.9. The van der Waals surface area contributed by atoms with Gasteiger partial charge in [0.05, 0.1) is 10.7 Å². The maximum absolute atomic E-state index is 12.5. The second-order valence-electron chi connectivity index (χ2n) is 8.26. The molecule has 1 unspecified atom stereocenters. The topological polar surface area (TPSA) is 64.0 Å². The molecule has 0 spiro atoms. The number of benzene rings is 2. The van der Waals surface area contributed by atoms with E-state index in [9.17, 15) is 4.79 Å². The van der Waals surface area contributed by atoms with E-state index in [-0.39, 0.29) is 12.2 Å². The van der Waals surface area contributed by atoms with E-state index in [4.69, 9.17) is 14.6 Å². The summed E-state index contributed by atoms with van der Waals surface area (Å²) in [6.07, 6.45) is 2.17. The molecule has 0 saturated carbocycles. The van der Waals surface area contributed by atoms with E-state index in [0.717, 1.165) is 46.8 Å². The van der Waals surface area contributed by atoms with Crippen LogP contribution in [0.15, 0.2) is 65.1 Å². The molecule has 0 aliphatic carbocycles. The van der Waals surface area contributed by atoms with Gasteiger partial charge in [-0.25, -0.2) is 9.78 Å². The number of piperidine rings is 1. The molecule has 1 fully saturated rings. The maximum atomic E-state index is 12.5. The van der Waals surface area contributed by atoms with Crippen LogP contribution in [0.25, 0.3) is 0 Å². The Hall–Kier alpha value is -3.19. The van der Waals surface area contributed by atoms with Gasteiger partial charge in [0, 0.05) is 30.8 Å². The van der Waals surface area contributed by atoms with Crippen LogP contribution in [0.3, 0.4) is 0 Å². The molecule has 1 aromatic heterocycles. The van der Waals surface area contributed by atoms with E-state index in [1.165, 1.54) is 0 Å². The summed E-state index contributed by atoms with van der Waals surface area (Å²) >= 11 is 1.67. The third kappa shape index (κ3) is 4.53. The lowest BCUT2D eigenvalue weighted by Crippen LogP contribution is -2.39. The molecule has 164 valence electrons. The van der Waals surface area contributed by atoms with Gasteiger partial charge in [-0.3, -0.25) is 0 Å². The van der Waals surface area contributed by atoms with Gasteiger partial charge in [-0.15, -0.1) is 11.3 Å². The number of nitrogens with zero attached hydrogens (tertiary/aromatic N) is 3. The summed E-state index contributed by atoms with van der Waals surface area (Å²) in [5.41, 5.74) is 4.01. The average molecular weight is 448 g/mol. The molecular weight excluding hydrogens is 422 g/mol. The molecule has 3 aromatic rings. The quantitative estimate of drug-likeness (QED) is 0.515. The number of amides is 1. The summed E-state index contributed by atoms with van der Waals surface area (Å²) in [4.78, 5) is 24.8. The van der Waals surface area contributed by atoms with Gasteiger partial charge in [-0.1, -0.05) is 47.6 Å². The molecule has 2 aliphatic rings. The molecule has 1 amide bonds. The first kappa shape index (κ1) is 20.7. The Morgan fingerprint density at radius 3 is 2.72 bits per heavy atom. The van der Waals surface area contributed by atoms with Gasteiger partial charge in [-0.05, 0) is 43.0 Å². The van der Waals surface area contributed by atoms with Gasteiger partial charge in [0.1, 0.15) is 11.5 Å². The molecule has 7 heteroatoms. The summed E-state index contributed by atoms with van der Waals surface area (Å²) in [6.45, 7) is 3.32. The van der Waals surface area contributed by atoms with Crippen LogP contribution in [0, 0.1) is 6.92 Å². The van der Waals surface area contributed by atoms with Crippen LogP contribution in [0.4, 0.5) is 4.79 Å². The molecule has 1 saturated heterocycles. The van der Waals surface area contributed by atoms with Crippen molar-refractivity contribution >= 4 is 23.1 Å². The Labute approximate surface area is 191 Å². The van der Waals surface area contributed by atoms with Crippen molar-refractivity contribution in [3.63, 3.8) is 0 Å². The predicted molar refractivity (Wildman–Crippen MR) is 124 cm³/mol. The molecule has 0 bridgehead atoms. The lowest BCUT2D eigenvalue weighted by molar-refractivity contribution is 0.0857. The monoisotopic (exact) mass is 447 g/mol. The minimum absolute atomic E-state index is 0.0426. The van der Waals surface area contributed by atoms with Crippen molar-refractivity contribution in [2.45, 2.75) is 38.2 Å². The van der Waals surface area contributed by atoms with Gasteiger partial charge < -0.3 is 14.5 Å². The number of carbonyl (C=O) groups excluding carboxylic acids is 1. The second-order valence-corrected chi connectivity index (χ2v) is 9.15. The van der Waals surface area contributed by atoms with Crippen molar-refractivity contribution in [2.75, 3.05) is 13.1 Å². The van der Waals surface area contributed by atoms with E-state index in [1.54, 1.807) is 16.2 Å². The lowest BCUT2D eigenvalue weighted by Gasteiger charge is -2.30. The molecule has 2 aliphatic heterocycles. The van der Waals surface area contributed by atoms with Gasteiger partial charge in [-0.2, -0.15) is 0 Å². The minimum Gasteiger partial charge on any atom is -0.410 e. The third-order valence-electron chi connectivity index (χ3n) is 5.95. The van der Waals surface area contributed by atoms with E-state index >= 15 is 0 Å². The fourth-order valence-electron chi connectivity index (χ4n) is 4.14. The van der Waals surface area contributed by atoms with Crippen LogP contribution < -0.4 is 4.74 Å². The number of rotatable bonds is 4. The largest absolute Gasteiger partial charge is 0.415 e. The minimum atomic E-state index is -0.279. The summed E-state index contributed by atoms with van der Waals surface area (Å²) in [5, 5.41) is 7.48. The van der Waals surface area contributed by atoms with E-state index in [0.29, 0.717) is 24.8 Å². The first-order chi connectivity index (χ1) is 15.7. The van der Waals surface area contributed by atoms with Crippen LogP contribution in [-0.2, 0) is 4.84 Å². The molecule has 1 atom stereocenters. The maximum Gasteiger partial charge on any atom is 0.415 e. The zero-order valence-electron chi connectivity index (χ0n) is 17.9. The van der Waals surface area contributed by atoms with Crippen LogP contribution in [0.2, 0.25) is 0 Å². The molecule has 5 rings (SSSR count). The number of ether oxygens (including phenoxy) is 1. The fourth-order valence-corrected chi connectivity index (χ4v) is 5.14. The number of hydrogen-bond donors (Lipinski definition) is 0. The van der Waals surface area contributed by atoms with Crippen molar-refractivity contribution in [2.24, 2.45) is 5.16 Å². The van der Waals surface area contributed by atoms with Gasteiger partial charge >= 0.3 is 6.09 Å². The number of thiazole rings is 1. The SMILES string of the molecule is Cc1cccc(OC(=O)N2CCC(c3nc(C4=NOC(c5ccccc5)C4)cs3)CC2)c1. The van der Waals surface area contributed by atoms with Gasteiger partial charge in [0.25, 0.3) is 0 Å². The number of aryl methyl sites for hydroxylation is 1. The Balaban J connectivity index is 1.15. The molecule has 3 heterocycles. The highest BCUT2D eigenvalue weighted by molar-refractivity contribution is 7.10. The molecule has 2 aromatic carbocycles. The summed E-state index contributed by atoms with van der Waals surface area (Å²) < 4.78 is 5.54. The van der Waals surface area contributed by atoms with Gasteiger partial charge in [0.15, 0.2) is 6.10 Å². The van der Waals surface area contributed by atoms with Crippen LogP contribution in [-0.4, -0.2) is 34.8 Å². The van der Waals surface area contributed by atoms with Crippen molar-refractivity contribution in [1.82, 2.24) is 9.88 Å². The average Bonchev–Trinajstić information content (AvgIpc) is 3.50. The zero-order valence-corrected chi connectivity index (χ0v) is 18.8. The smallest absolute Gasteiger partial charge is 0.410 e. The first-order valence-corrected chi connectivity index (χ1v) is 11.8. The normalized spacial score (nSPS) is 18.8. The van der Waals surface area contributed by atoms with Crippen molar-refractivity contribution in [3.8, 4) is 5.75 Å². The van der Waals surface area contributed by atoms with Crippen molar-refractivity contribution < 1.29 is 14.4 Å². The van der Waals surface area contributed by atoms with Crippen LogP contribution in [0.1, 0.15) is 53.1 Å². The Morgan fingerprint density at radius 2 is 1.94 bits per heavy atom. The fraction of sp³-hybridized carbons (Fsp3) is 0.320. The van der Waals surface area contributed by atoms with Crippen LogP contribution >= 0.6 is 11.3 Å². The highest BCUT2D eigenvalue weighted by Gasteiger charge is 2.29. The van der Waals surface area contributed by atoms with E-state index < -0.39 is 0 Å².